The summed E-state index contributed by atoms with van der Waals surface area (Å²) in [4.78, 5) is 10.8. The van der Waals surface area contributed by atoms with Gasteiger partial charge in [-0.2, -0.15) is 0 Å². The topological polar surface area (TPSA) is 35.5 Å². The first-order valence-electron chi connectivity index (χ1n) is 4.11. The summed E-state index contributed by atoms with van der Waals surface area (Å²) in [6, 6.07) is 0. The van der Waals surface area contributed by atoms with E-state index in [0.29, 0.717) is 11.7 Å². The molecule has 1 heterocycles. The zero-order valence-electron chi connectivity index (χ0n) is 7.88. The third kappa shape index (κ3) is 1.60. The molecule has 0 aromatic heterocycles. The highest BCUT2D eigenvalue weighted by atomic mass is 16.7. The standard InChI is InChI=1S/C9H14O3/c1-5(2)8-6(3)11-9(10)12-7(8)4/h5-6H,1-4H3. The van der Waals surface area contributed by atoms with Crippen molar-refractivity contribution in [1.29, 1.82) is 0 Å². The van der Waals surface area contributed by atoms with Gasteiger partial charge < -0.3 is 9.47 Å². The van der Waals surface area contributed by atoms with Crippen molar-refractivity contribution in [2.75, 3.05) is 0 Å². The van der Waals surface area contributed by atoms with Gasteiger partial charge in [0.1, 0.15) is 11.9 Å². The average Bonchev–Trinajstić information content (AvgIpc) is 1.82. The number of hydrogen-bond acceptors (Lipinski definition) is 3. The van der Waals surface area contributed by atoms with E-state index in [-0.39, 0.29) is 6.10 Å². The minimum absolute atomic E-state index is 0.147. The van der Waals surface area contributed by atoms with Gasteiger partial charge in [0.25, 0.3) is 0 Å². The Labute approximate surface area is 72.4 Å². The molecule has 0 spiro atoms. The SMILES string of the molecule is CC1=C(C(C)C)C(C)OC(=O)O1. The first kappa shape index (κ1) is 9.10. The molecule has 0 bridgehead atoms. The molecule has 3 nitrogen and oxygen atoms in total. The Morgan fingerprint density at radius 3 is 2.42 bits per heavy atom. The maximum Gasteiger partial charge on any atom is 0.514 e. The first-order valence-corrected chi connectivity index (χ1v) is 4.11. The lowest BCUT2D eigenvalue weighted by molar-refractivity contribution is 0.0354. The van der Waals surface area contributed by atoms with Gasteiger partial charge in [-0.1, -0.05) is 13.8 Å². The summed E-state index contributed by atoms with van der Waals surface area (Å²) in [6.07, 6.45) is -0.740. The van der Waals surface area contributed by atoms with E-state index in [1.807, 2.05) is 6.92 Å². The molecule has 3 heteroatoms. The number of ether oxygens (including phenoxy) is 2. The van der Waals surface area contributed by atoms with Gasteiger partial charge >= 0.3 is 6.16 Å². The van der Waals surface area contributed by atoms with E-state index < -0.39 is 6.16 Å². The molecule has 0 saturated carbocycles. The summed E-state index contributed by atoms with van der Waals surface area (Å²) in [5, 5.41) is 0. The van der Waals surface area contributed by atoms with Crippen molar-refractivity contribution < 1.29 is 14.3 Å². The second-order valence-corrected chi connectivity index (χ2v) is 3.28. The van der Waals surface area contributed by atoms with Crippen molar-refractivity contribution in [3.05, 3.63) is 11.3 Å². The summed E-state index contributed by atoms with van der Waals surface area (Å²) in [6.45, 7) is 7.77. The molecule has 0 fully saturated rings. The molecule has 12 heavy (non-hydrogen) atoms. The number of hydrogen-bond donors (Lipinski definition) is 0. The van der Waals surface area contributed by atoms with Crippen molar-refractivity contribution in [2.24, 2.45) is 5.92 Å². The van der Waals surface area contributed by atoms with Crippen LogP contribution in [0.2, 0.25) is 0 Å². The molecule has 0 aromatic carbocycles. The van der Waals surface area contributed by atoms with Crippen LogP contribution in [0.3, 0.4) is 0 Å². The lowest BCUT2D eigenvalue weighted by Crippen LogP contribution is -2.27. The zero-order valence-corrected chi connectivity index (χ0v) is 7.88. The van der Waals surface area contributed by atoms with E-state index in [4.69, 9.17) is 9.47 Å². The van der Waals surface area contributed by atoms with Crippen molar-refractivity contribution >= 4 is 6.16 Å². The van der Waals surface area contributed by atoms with Crippen LogP contribution in [0, 0.1) is 5.92 Å². The van der Waals surface area contributed by atoms with Crippen molar-refractivity contribution in [2.45, 2.75) is 33.8 Å². The van der Waals surface area contributed by atoms with Gasteiger partial charge in [0.05, 0.1) is 0 Å². The van der Waals surface area contributed by atoms with Crippen molar-refractivity contribution in [1.82, 2.24) is 0 Å². The molecular weight excluding hydrogens is 156 g/mol. The zero-order chi connectivity index (χ0) is 9.30. The van der Waals surface area contributed by atoms with Crippen LogP contribution >= 0.6 is 0 Å². The monoisotopic (exact) mass is 170 g/mol. The highest BCUT2D eigenvalue weighted by Gasteiger charge is 2.26. The molecule has 0 radical (unpaired) electrons. The summed E-state index contributed by atoms with van der Waals surface area (Å²) < 4.78 is 9.76. The summed E-state index contributed by atoms with van der Waals surface area (Å²) in [5.74, 6) is 1.04. The smallest absolute Gasteiger partial charge is 0.426 e. The molecule has 0 saturated heterocycles. The van der Waals surface area contributed by atoms with Crippen LogP contribution in [0.5, 0.6) is 0 Å². The third-order valence-corrected chi connectivity index (χ3v) is 1.98. The Bertz CT molecular complexity index is 228. The Morgan fingerprint density at radius 1 is 1.42 bits per heavy atom. The van der Waals surface area contributed by atoms with Crippen molar-refractivity contribution in [3.8, 4) is 0 Å². The Kier molecular flexibility index (Phi) is 2.40. The maximum atomic E-state index is 10.8. The fourth-order valence-electron chi connectivity index (χ4n) is 1.58. The van der Waals surface area contributed by atoms with Crippen LogP contribution in [0.4, 0.5) is 4.79 Å². The van der Waals surface area contributed by atoms with Crippen LogP contribution in [0.1, 0.15) is 27.7 Å². The van der Waals surface area contributed by atoms with Crippen LogP contribution in [0.25, 0.3) is 0 Å². The Hall–Kier alpha value is -0.990. The van der Waals surface area contributed by atoms with E-state index in [1.165, 1.54) is 0 Å². The molecule has 1 rings (SSSR count). The number of rotatable bonds is 1. The molecule has 0 amide bonds. The number of allylic oxidation sites excluding steroid dienone is 1. The lowest BCUT2D eigenvalue weighted by atomic mass is 9.97. The molecule has 1 unspecified atom stereocenters. The largest absolute Gasteiger partial charge is 0.514 e. The molecular formula is C9H14O3. The lowest BCUT2D eigenvalue weighted by Gasteiger charge is -2.26. The minimum atomic E-state index is -0.593. The van der Waals surface area contributed by atoms with Crippen molar-refractivity contribution in [3.63, 3.8) is 0 Å². The number of carbonyl (C=O) groups is 1. The van der Waals surface area contributed by atoms with Gasteiger partial charge in [0.2, 0.25) is 0 Å². The summed E-state index contributed by atoms with van der Waals surface area (Å²) in [5.41, 5.74) is 1.06. The van der Waals surface area contributed by atoms with E-state index in [1.54, 1.807) is 6.92 Å². The van der Waals surface area contributed by atoms with Gasteiger partial charge in [0, 0.05) is 5.57 Å². The van der Waals surface area contributed by atoms with E-state index in [9.17, 15) is 4.79 Å². The highest BCUT2D eigenvalue weighted by Crippen LogP contribution is 2.26. The molecule has 1 atom stereocenters. The van der Waals surface area contributed by atoms with E-state index in [0.717, 1.165) is 5.57 Å². The highest BCUT2D eigenvalue weighted by molar-refractivity contribution is 5.63. The Balaban J connectivity index is 2.93. The van der Waals surface area contributed by atoms with E-state index >= 15 is 0 Å². The first-order chi connectivity index (χ1) is 5.52. The van der Waals surface area contributed by atoms with Crippen LogP contribution in [-0.4, -0.2) is 12.3 Å². The van der Waals surface area contributed by atoms with Gasteiger partial charge in [-0.25, -0.2) is 4.79 Å². The molecule has 0 aliphatic carbocycles. The second kappa shape index (κ2) is 3.17. The second-order valence-electron chi connectivity index (χ2n) is 3.28. The summed E-state index contributed by atoms with van der Waals surface area (Å²) in [7, 11) is 0. The van der Waals surface area contributed by atoms with Gasteiger partial charge in [-0.05, 0) is 19.8 Å². The predicted octanol–water partition coefficient (Wildman–Crippen LogP) is 2.47. The molecule has 0 aromatic rings. The van der Waals surface area contributed by atoms with Gasteiger partial charge in [-0.3, -0.25) is 0 Å². The predicted molar refractivity (Wildman–Crippen MR) is 44.6 cm³/mol. The van der Waals surface area contributed by atoms with Crippen LogP contribution < -0.4 is 0 Å². The molecule has 68 valence electrons. The fraction of sp³-hybridized carbons (Fsp3) is 0.667. The Morgan fingerprint density at radius 2 is 2.00 bits per heavy atom. The molecule has 1 aliphatic heterocycles. The van der Waals surface area contributed by atoms with Crippen LogP contribution in [-0.2, 0) is 9.47 Å². The van der Waals surface area contributed by atoms with Gasteiger partial charge in [0.15, 0.2) is 0 Å². The van der Waals surface area contributed by atoms with E-state index in [2.05, 4.69) is 13.8 Å². The molecule has 1 aliphatic rings. The average molecular weight is 170 g/mol. The van der Waals surface area contributed by atoms with Crippen LogP contribution in [0.15, 0.2) is 11.3 Å². The quantitative estimate of drug-likeness (QED) is 0.567. The summed E-state index contributed by atoms with van der Waals surface area (Å²) >= 11 is 0. The number of carbonyl (C=O) groups excluding carboxylic acids is 1. The normalized spacial score (nSPS) is 24.1. The minimum Gasteiger partial charge on any atom is -0.426 e. The maximum absolute atomic E-state index is 10.8. The molecule has 0 N–H and O–H groups in total. The number of cyclic esters (lactones) is 2. The fourth-order valence-corrected chi connectivity index (χ4v) is 1.58. The van der Waals surface area contributed by atoms with Gasteiger partial charge in [-0.15, -0.1) is 0 Å². The third-order valence-electron chi connectivity index (χ3n) is 1.98.